The highest BCUT2D eigenvalue weighted by Crippen LogP contribution is 2.34. The van der Waals surface area contributed by atoms with E-state index in [2.05, 4.69) is 15.2 Å². The molecule has 2 heterocycles. The number of carbonyl (C=O) groups is 2. The molecule has 0 saturated carbocycles. The zero-order chi connectivity index (χ0) is 28.5. The van der Waals surface area contributed by atoms with Crippen molar-refractivity contribution in [3.63, 3.8) is 0 Å². The lowest BCUT2D eigenvalue weighted by Gasteiger charge is -2.13. The van der Waals surface area contributed by atoms with Gasteiger partial charge in [0, 0.05) is 10.8 Å². The van der Waals surface area contributed by atoms with Crippen LogP contribution in [0.4, 0.5) is 31.3 Å². The van der Waals surface area contributed by atoms with Crippen molar-refractivity contribution in [1.29, 1.82) is 0 Å². The fourth-order valence-electron chi connectivity index (χ4n) is 3.55. The van der Waals surface area contributed by atoms with Crippen molar-refractivity contribution in [2.75, 3.05) is 11.9 Å². The van der Waals surface area contributed by atoms with Gasteiger partial charge in [-0.15, -0.1) is 24.5 Å². The zero-order valence-corrected chi connectivity index (χ0v) is 20.3. The Balaban J connectivity index is 1.83. The molecule has 4 rings (SSSR count). The van der Waals surface area contributed by atoms with Gasteiger partial charge in [0.15, 0.2) is 5.69 Å². The monoisotopic (exact) mass is 571 g/mol. The van der Waals surface area contributed by atoms with Gasteiger partial charge in [0.2, 0.25) is 0 Å². The number of amides is 1. The van der Waals surface area contributed by atoms with Gasteiger partial charge in [-0.1, -0.05) is 12.1 Å². The van der Waals surface area contributed by atoms with Gasteiger partial charge in [-0.2, -0.15) is 23.0 Å². The molecule has 0 aliphatic rings. The fraction of sp³-hybridized carbons (Fsp3) is 0.167. The SMILES string of the molecule is CCOC(=O)c1nn(-c2ccc(OC(F)(F)F)cc2)c(=O)c2c(NC(=O)c3ccccc3C(F)(F)F)scc12. The molecule has 0 fully saturated rings. The minimum Gasteiger partial charge on any atom is -0.461 e. The van der Waals surface area contributed by atoms with Gasteiger partial charge in [-0.05, 0) is 43.3 Å². The first-order valence-corrected chi connectivity index (χ1v) is 11.7. The summed E-state index contributed by atoms with van der Waals surface area (Å²) in [4.78, 5) is 38.9. The summed E-state index contributed by atoms with van der Waals surface area (Å²) in [5, 5.41) is 7.09. The second kappa shape index (κ2) is 10.4. The topological polar surface area (TPSA) is 99.5 Å². The average molecular weight is 571 g/mol. The number of esters is 1. The van der Waals surface area contributed by atoms with Crippen molar-refractivity contribution in [3.8, 4) is 11.4 Å². The quantitative estimate of drug-likeness (QED) is 0.232. The Morgan fingerprint density at radius 1 is 1.03 bits per heavy atom. The van der Waals surface area contributed by atoms with E-state index >= 15 is 0 Å². The van der Waals surface area contributed by atoms with E-state index in [-0.39, 0.29) is 33.8 Å². The van der Waals surface area contributed by atoms with Gasteiger partial charge in [0.1, 0.15) is 10.8 Å². The van der Waals surface area contributed by atoms with E-state index in [4.69, 9.17) is 4.74 Å². The molecule has 0 saturated heterocycles. The first-order chi connectivity index (χ1) is 18.3. The maximum absolute atomic E-state index is 13.4. The third-order valence-electron chi connectivity index (χ3n) is 5.14. The van der Waals surface area contributed by atoms with Gasteiger partial charge in [-0.25, -0.2) is 4.79 Å². The van der Waals surface area contributed by atoms with Crippen LogP contribution in [0.1, 0.15) is 33.3 Å². The predicted octanol–water partition coefficient (Wildman–Crippen LogP) is 5.79. The molecule has 1 N–H and O–H groups in total. The van der Waals surface area contributed by atoms with Gasteiger partial charge >= 0.3 is 18.5 Å². The van der Waals surface area contributed by atoms with E-state index in [1.807, 2.05) is 0 Å². The smallest absolute Gasteiger partial charge is 0.461 e. The molecule has 39 heavy (non-hydrogen) atoms. The third kappa shape index (κ3) is 5.87. The first kappa shape index (κ1) is 27.6. The largest absolute Gasteiger partial charge is 0.573 e. The minimum absolute atomic E-state index is 0.0452. The van der Waals surface area contributed by atoms with Crippen LogP contribution in [-0.2, 0) is 10.9 Å². The molecule has 2 aromatic carbocycles. The Bertz CT molecular complexity index is 1610. The lowest BCUT2D eigenvalue weighted by atomic mass is 10.1. The summed E-state index contributed by atoms with van der Waals surface area (Å²) in [6.07, 6.45) is -9.79. The molecule has 204 valence electrons. The standard InChI is InChI=1S/C24H15F6N3O5S/c1-2-37-22(36)18-15-11-39-20(31-19(34)14-5-3-4-6-16(14)23(25,26)27)17(15)21(35)33(32-18)12-7-9-13(10-8-12)38-24(28,29)30/h3-11H,2H2,1H3,(H,31,34). The number of hydrogen-bond donors (Lipinski definition) is 1. The number of thiophene rings is 1. The van der Waals surface area contributed by atoms with Crippen LogP contribution in [0, 0.1) is 0 Å². The lowest BCUT2D eigenvalue weighted by molar-refractivity contribution is -0.274. The number of nitrogens with zero attached hydrogens (tertiary/aromatic N) is 2. The number of anilines is 1. The normalized spacial score (nSPS) is 11.9. The minimum atomic E-state index is -4.96. The fourth-order valence-corrected chi connectivity index (χ4v) is 4.49. The second-order valence-corrected chi connectivity index (χ2v) is 8.56. The molecular weight excluding hydrogens is 556 g/mol. The maximum Gasteiger partial charge on any atom is 0.573 e. The number of halogens is 6. The number of aromatic nitrogens is 2. The second-order valence-electron chi connectivity index (χ2n) is 7.68. The van der Waals surface area contributed by atoms with E-state index in [1.54, 1.807) is 0 Å². The third-order valence-corrected chi connectivity index (χ3v) is 6.04. The summed E-state index contributed by atoms with van der Waals surface area (Å²) >= 11 is 0.756. The van der Waals surface area contributed by atoms with E-state index in [0.29, 0.717) is 4.68 Å². The lowest BCUT2D eigenvalue weighted by Crippen LogP contribution is -2.26. The number of alkyl halides is 6. The van der Waals surface area contributed by atoms with E-state index in [0.717, 1.165) is 53.8 Å². The summed E-state index contributed by atoms with van der Waals surface area (Å²) in [6, 6.07) is 8.00. The summed E-state index contributed by atoms with van der Waals surface area (Å²) in [6.45, 7) is 1.45. The number of carbonyl (C=O) groups excluding carboxylic acids is 2. The Hall–Kier alpha value is -4.40. The summed E-state index contributed by atoms with van der Waals surface area (Å²) in [7, 11) is 0. The van der Waals surface area contributed by atoms with Gasteiger partial charge in [0.25, 0.3) is 11.5 Å². The Kier molecular flexibility index (Phi) is 7.37. The van der Waals surface area contributed by atoms with Crippen molar-refractivity contribution >= 4 is 39.0 Å². The summed E-state index contributed by atoms with van der Waals surface area (Å²) in [5.41, 5.74) is -3.26. The molecule has 0 aliphatic heterocycles. The van der Waals surface area contributed by atoms with Crippen molar-refractivity contribution in [2.45, 2.75) is 19.5 Å². The molecule has 0 bridgehead atoms. The number of rotatable bonds is 6. The van der Waals surface area contributed by atoms with Crippen LogP contribution in [0.5, 0.6) is 5.75 Å². The highest BCUT2D eigenvalue weighted by Gasteiger charge is 2.35. The molecule has 1 amide bonds. The van der Waals surface area contributed by atoms with Crippen LogP contribution in [0.2, 0.25) is 0 Å². The molecule has 2 aromatic heterocycles. The van der Waals surface area contributed by atoms with E-state index < -0.39 is 46.9 Å². The van der Waals surface area contributed by atoms with Gasteiger partial charge in [-0.3, -0.25) is 9.59 Å². The molecule has 15 heteroatoms. The highest BCUT2D eigenvalue weighted by molar-refractivity contribution is 7.16. The molecule has 0 aliphatic carbocycles. The Morgan fingerprint density at radius 2 is 1.69 bits per heavy atom. The number of benzene rings is 2. The van der Waals surface area contributed by atoms with Crippen LogP contribution in [-0.4, -0.2) is 34.6 Å². The van der Waals surface area contributed by atoms with Crippen molar-refractivity contribution in [2.24, 2.45) is 0 Å². The first-order valence-electron chi connectivity index (χ1n) is 10.9. The van der Waals surface area contributed by atoms with Crippen LogP contribution < -0.4 is 15.6 Å². The van der Waals surface area contributed by atoms with Crippen molar-refractivity contribution in [1.82, 2.24) is 9.78 Å². The van der Waals surface area contributed by atoms with Crippen molar-refractivity contribution < 1.29 is 45.4 Å². The molecular formula is C24H15F6N3O5S. The van der Waals surface area contributed by atoms with Gasteiger partial charge < -0.3 is 14.8 Å². The van der Waals surface area contributed by atoms with Crippen LogP contribution in [0.3, 0.4) is 0 Å². The molecule has 8 nitrogen and oxygen atoms in total. The van der Waals surface area contributed by atoms with Crippen LogP contribution >= 0.6 is 11.3 Å². The van der Waals surface area contributed by atoms with Crippen molar-refractivity contribution in [3.05, 3.63) is 81.1 Å². The van der Waals surface area contributed by atoms with E-state index in [1.165, 1.54) is 18.4 Å². The van der Waals surface area contributed by atoms with E-state index in [9.17, 15) is 40.7 Å². The Morgan fingerprint density at radius 3 is 2.31 bits per heavy atom. The molecule has 4 aromatic rings. The molecule has 0 radical (unpaired) electrons. The predicted molar refractivity (Wildman–Crippen MR) is 127 cm³/mol. The van der Waals surface area contributed by atoms with Crippen LogP contribution in [0.25, 0.3) is 16.5 Å². The van der Waals surface area contributed by atoms with Crippen LogP contribution in [0.15, 0.2) is 58.7 Å². The summed E-state index contributed by atoms with van der Waals surface area (Å²) in [5.74, 6) is -2.70. The number of nitrogens with one attached hydrogen (secondary N) is 1. The number of hydrogen-bond acceptors (Lipinski definition) is 7. The number of fused-ring (bicyclic) bond motifs is 1. The highest BCUT2D eigenvalue weighted by atomic mass is 32.1. The molecule has 0 unspecified atom stereocenters. The Labute approximate surface area is 218 Å². The molecule has 0 spiro atoms. The average Bonchev–Trinajstić information content (AvgIpc) is 3.27. The maximum atomic E-state index is 13.4. The summed E-state index contributed by atoms with van der Waals surface area (Å²) < 4.78 is 87.3. The molecule has 0 atom stereocenters. The van der Waals surface area contributed by atoms with Gasteiger partial charge in [0.05, 0.1) is 28.8 Å². The zero-order valence-electron chi connectivity index (χ0n) is 19.5. The number of ether oxygens (including phenoxy) is 2.